The molecule has 6 heteroatoms. The number of nitriles is 1. The Labute approximate surface area is 123 Å². The van der Waals surface area contributed by atoms with E-state index in [1.807, 2.05) is 36.4 Å². The van der Waals surface area contributed by atoms with Gasteiger partial charge in [0.1, 0.15) is 12.2 Å². The highest BCUT2D eigenvalue weighted by Gasteiger charge is 2.23. The molecule has 1 amide bonds. The van der Waals surface area contributed by atoms with Gasteiger partial charge in [-0.25, -0.2) is 0 Å². The number of nitrogen functional groups attached to an aromatic ring is 1. The van der Waals surface area contributed by atoms with Crippen molar-refractivity contribution in [3.05, 3.63) is 47.3 Å². The van der Waals surface area contributed by atoms with Crippen LogP contribution in [-0.4, -0.2) is 27.1 Å². The number of carbonyl (C=O) groups excluding carboxylic acids is 1. The van der Waals surface area contributed by atoms with Crippen molar-refractivity contribution in [2.45, 2.75) is 13.5 Å². The number of aromatic nitrogens is 2. The molecule has 1 aromatic carbocycles. The largest absolute Gasteiger partial charge is 0.395 e. The van der Waals surface area contributed by atoms with E-state index in [1.54, 1.807) is 14.0 Å². The number of aryl methyl sites for hydroxylation is 2. The van der Waals surface area contributed by atoms with Crippen LogP contribution in [0.2, 0.25) is 0 Å². The zero-order valence-corrected chi connectivity index (χ0v) is 12.1. The molecule has 1 aromatic heterocycles. The van der Waals surface area contributed by atoms with E-state index in [9.17, 15) is 4.79 Å². The van der Waals surface area contributed by atoms with Crippen LogP contribution in [0.3, 0.4) is 0 Å². The lowest BCUT2D eigenvalue weighted by atomic mass is 10.2. The average Bonchev–Trinajstić information content (AvgIpc) is 2.72. The van der Waals surface area contributed by atoms with Crippen molar-refractivity contribution in [2.24, 2.45) is 7.05 Å². The summed E-state index contributed by atoms with van der Waals surface area (Å²) in [6.07, 6.45) is 0. The Hall–Kier alpha value is -2.81. The molecule has 0 saturated carbocycles. The Balaban J connectivity index is 2.30. The molecule has 0 atom stereocenters. The molecule has 0 spiro atoms. The lowest BCUT2D eigenvalue weighted by Crippen LogP contribution is -2.32. The minimum Gasteiger partial charge on any atom is -0.395 e. The zero-order valence-electron chi connectivity index (χ0n) is 12.1. The molecule has 2 aromatic rings. The summed E-state index contributed by atoms with van der Waals surface area (Å²) in [4.78, 5) is 14.1. The van der Waals surface area contributed by atoms with Gasteiger partial charge in [0, 0.05) is 13.6 Å². The van der Waals surface area contributed by atoms with Crippen molar-refractivity contribution >= 4 is 11.6 Å². The van der Waals surface area contributed by atoms with E-state index in [4.69, 9.17) is 11.0 Å². The summed E-state index contributed by atoms with van der Waals surface area (Å²) in [7, 11) is 1.67. The first-order valence-corrected chi connectivity index (χ1v) is 6.53. The number of hydrogen-bond acceptors (Lipinski definition) is 4. The van der Waals surface area contributed by atoms with E-state index >= 15 is 0 Å². The maximum atomic E-state index is 12.6. The van der Waals surface area contributed by atoms with Crippen LogP contribution in [0.4, 0.5) is 5.69 Å². The second kappa shape index (κ2) is 6.09. The van der Waals surface area contributed by atoms with E-state index in [0.29, 0.717) is 23.6 Å². The fraction of sp³-hybridized carbons (Fsp3) is 0.267. The summed E-state index contributed by atoms with van der Waals surface area (Å²) >= 11 is 0. The van der Waals surface area contributed by atoms with Gasteiger partial charge in [0.2, 0.25) is 0 Å². The van der Waals surface area contributed by atoms with Gasteiger partial charge < -0.3 is 10.6 Å². The second-order valence-electron chi connectivity index (χ2n) is 4.78. The first-order chi connectivity index (χ1) is 10.0. The van der Waals surface area contributed by atoms with Crippen LogP contribution in [0, 0.1) is 18.3 Å². The monoisotopic (exact) mass is 283 g/mol. The third kappa shape index (κ3) is 3.03. The van der Waals surface area contributed by atoms with Crippen molar-refractivity contribution in [1.29, 1.82) is 5.26 Å². The van der Waals surface area contributed by atoms with Gasteiger partial charge in [0.15, 0.2) is 0 Å². The molecule has 0 unspecified atom stereocenters. The Morgan fingerprint density at radius 3 is 2.62 bits per heavy atom. The van der Waals surface area contributed by atoms with Gasteiger partial charge in [0.05, 0.1) is 17.5 Å². The van der Waals surface area contributed by atoms with Gasteiger partial charge in [-0.3, -0.25) is 9.48 Å². The Kier molecular flexibility index (Phi) is 4.24. The second-order valence-corrected chi connectivity index (χ2v) is 4.78. The molecule has 0 aliphatic heterocycles. The number of amides is 1. The van der Waals surface area contributed by atoms with E-state index in [-0.39, 0.29) is 12.5 Å². The van der Waals surface area contributed by atoms with Crippen LogP contribution < -0.4 is 5.73 Å². The number of carbonyl (C=O) groups is 1. The van der Waals surface area contributed by atoms with E-state index in [2.05, 4.69) is 5.10 Å². The fourth-order valence-electron chi connectivity index (χ4n) is 2.17. The van der Waals surface area contributed by atoms with Gasteiger partial charge in [-0.1, -0.05) is 30.3 Å². The first kappa shape index (κ1) is 14.6. The van der Waals surface area contributed by atoms with Crippen LogP contribution in [0.1, 0.15) is 21.7 Å². The molecule has 0 aliphatic carbocycles. The van der Waals surface area contributed by atoms with Crippen molar-refractivity contribution in [1.82, 2.24) is 14.7 Å². The van der Waals surface area contributed by atoms with Crippen molar-refractivity contribution in [2.75, 3.05) is 12.3 Å². The highest BCUT2D eigenvalue weighted by molar-refractivity contribution is 5.98. The van der Waals surface area contributed by atoms with Gasteiger partial charge in [-0.05, 0) is 12.5 Å². The number of nitrogens with two attached hydrogens (primary N) is 1. The Morgan fingerprint density at radius 2 is 2.10 bits per heavy atom. The lowest BCUT2D eigenvalue weighted by Gasteiger charge is -2.20. The molecular formula is C15H17N5O. The van der Waals surface area contributed by atoms with Crippen LogP contribution in [-0.2, 0) is 13.6 Å². The smallest absolute Gasteiger partial charge is 0.275 e. The summed E-state index contributed by atoms with van der Waals surface area (Å²) in [6.45, 7) is 2.10. The summed E-state index contributed by atoms with van der Waals surface area (Å²) < 4.78 is 1.46. The fourth-order valence-corrected chi connectivity index (χ4v) is 2.17. The maximum Gasteiger partial charge on any atom is 0.275 e. The summed E-state index contributed by atoms with van der Waals surface area (Å²) in [5, 5.41) is 13.1. The molecule has 6 nitrogen and oxygen atoms in total. The molecule has 0 radical (unpaired) electrons. The SMILES string of the molecule is Cc1nn(C)c(C(=O)N(CC#N)Cc2ccccc2)c1N. The van der Waals surface area contributed by atoms with Crippen LogP contribution in [0.25, 0.3) is 0 Å². The average molecular weight is 283 g/mol. The van der Waals surface area contributed by atoms with Crippen molar-refractivity contribution in [3.63, 3.8) is 0 Å². The number of benzene rings is 1. The zero-order chi connectivity index (χ0) is 15.4. The predicted octanol–water partition coefficient (Wildman–Crippen LogP) is 1.48. The summed E-state index contributed by atoms with van der Waals surface area (Å²) in [6, 6.07) is 11.5. The van der Waals surface area contributed by atoms with E-state index in [0.717, 1.165) is 5.56 Å². The normalized spacial score (nSPS) is 10.1. The molecule has 0 fully saturated rings. The maximum absolute atomic E-state index is 12.6. The van der Waals surface area contributed by atoms with Crippen LogP contribution >= 0.6 is 0 Å². The van der Waals surface area contributed by atoms with Crippen LogP contribution in [0.5, 0.6) is 0 Å². The van der Waals surface area contributed by atoms with Crippen molar-refractivity contribution in [3.8, 4) is 6.07 Å². The summed E-state index contributed by atoms with van der Waals surface area (Å²) in [5.74, 6) is -0.291. The minimum absolute atomic E-state index is 0.00258. The predicted molar refractivity (Wildman–Crippen MR) is 79.2 cm³/mol. The Morgan fingerprint density at radius 1 is 1.43 bits per heavy atom. The topological polar surface area (TPSA) is 87.9 Å². The lowest BCUT2D eigenvalue weighted by molar-refractivity contribution is 0.0755. The number of nitrogens with zero attached hydrogens (tertiary/aromatic N) is 4. The quantitative estimate of drug-likeness (QED) is 0.861. The molecule has 0 aliphatic rings. The Bertz CT molecular complexity index is 684. The van der Waals surface area contributed by atoms with Gasteiger partial charge in [0.25, 0.3) is 5.91 Å². The highest BCUT2D eigenvalue weighted by atomic mass is 16.2. The number of hydrogen-bond donors (Lipinski definition) is 1. The number of anilines is 1. The molecule has 2 N–H and O–H groups in total. The standard InChI is InChI=1S/C15H17N5O/c1-11-13(17)14(19(2)18-11)15(21)20(9-8-16)10-12-6-4-3-5-7-12/h3-7H,9-10,17H2,1-2H3. The third-order valence-electron chi connectivity index (χ3n) is 3.24. The third-order valence-corrected chi connectivity index (χ3v) is 3.24. The summed E-state index contributed by atoms with van der Waals surface area (Å²) in [5.41, 5.74) is 8.16. The van der Waals surface area contributed by atoms with Gasteiger partial charge in [-0.15, -0.1) is 0 Å². The van der Waals surface area contributed by atoms with E-state index in [1.165, 1.54) is 9.58 Å². The first-order valence-electron chi connectivity index (χ1n) is 6.53. The van der Waals surface area contributed by atoms with Gasteiger partial charge in [-0.2, -0.15) is 10.4 Å². The number of rotatable bonds is 4. The molecule has 2 rings (SSSR count). The molecule has 0 bridgehead atoms. The molecule has 1 heterocycles. The van der Waals surface area contributed by atoms with Crippen molar-refractivity contribution < 1.29 is 4.79 Å². The van der Waals surface area contributed by atoms with E-state index < -0.39 is 0 Å². The molecule has 21 heavy (non-hydrogen) atoms. The molecular weight excluding hydrogens is 266 g/mol. The molecule has 0 saturated heterocycles. The molecule has 108 valence electrons. The highest BCUT2D eigenvalue weighted by Crippen LogP contribution is 2.18. The van der Waals surface area contributed by atoms with Gasteiger partial charge >= 0.3 is 0 Å². The minimum atomic E-state index is -0.291. The van der Waals surface area contributed by atoms with Crippen LogP contribution in [0.15, 0.2) is 30.3 Å².